The van der Waals surface area contributed by atoms with E-state index in [0.29, 0.717) is 5.84 Å². The van der Waals surface area contributed by atoms with Gasteiger partial charge in [0.25, 0.3) is 0 Å². The van der Waals surface area contributed by atoms with Crippen LogP contribution in [-0.2, 0) is 9.59 Å². The summed E-state index contributed by atoms with van der Waals surface area (Å²) in [6, 6.07) is 0. The molecule has 6 N–H and O–H groups in total. The minimum absolute atomic E-state index is 0.0781. The summed E-state index contributed by atoms with van der Waals surface area (Å²) >= 11 is 0. The molecule has 136 valence electrons. The summed E-state index contributed by atoms with van der Waals surface area (Å²) in [7, 11) is 0. The molecule has 0 radical (unpaired) electrons. The van der Waals surface area contributed by atoms with Crippen molar-refractivity contribution in [1.29, 1.82) is 0 Å². The number of carbonyl (C=O) groups is 2. The van der Waals surface area contributed by atoms with Gasteiger partial charge in [-0.3, -0.25) is 19.6 Å². The molecule has 0 bridgehead atoms. The number of hydrogen-bond acceptors (Lipinski definition) is 6. The van der Waals surface area contributed by atoms with Crippen LogP contribution in [0.1, 0.15) is 33.6 Å². The molecule has 0 aromatic rings. The highest BCUT2D eigenvalue weighted by atomic mass is 16.4. The maximum atomic E-state index is 10.4. The molecule has 0 aromatic carbocycles. The van der Waals surface area contributed by atoms with Gasteiger partial charge in [0.1, 0.15) is 11.4 Å². The average Bonchev–Trinajstić information content (AvgIpc) is 2.45. The van der Waals surface area contributed by atoms with E-state index in [-0.39, 0.29) is 44.2 Å². The molecule has 0 amide bonds. The van der Waals surface area contributed by atoms with Crippen LogP contribution in [0.3, 0.4) is 0 Å². The van der Waals surface area contributed by atoms with E-state index < -0.39 is 17.5 Å². The van der Waals surface area contributed by atoms with Crippen molar-refractivity contribution < 1.29 is 19.8 Å². The van der Waals surface area contributed by atoms with Crippen LogP contribution in [0.25, 0.3) is 0 Å². The number of rotatable bonds is 11. The van der Waals surface area contributed by atoms with E-state index in [2.05, 4.69) is 20.2 Å². The van der Waals surface area contributed by atoms with Gasteiger partial charge in [0, 0.05) is 5.92 Å². The second kappa shape index (κ2) is 10.3. The molecule has 0 aromatic heterocycles. The fraction of sp³-hybridized carbons (Fsp3) is 0.714. The van der Waals surface area contributed by atoms with Gasteiger partial charge in [0.05, 0.1) is 38.3 Å². The Kier molecular flexibility index (Phi) is 9.21. The number of aliphatic carboxylic acids is 2. The maximum Gasteiger partial charge on any atom is 0.305 e. The summed E-state index contributed by atoms with van der Waals surface area (Å²) in [5.41, 5.74) is 10.7. The molecule has 1 unspecified atom stereocenters. The van der Waals surface area contributed by atoms with Crippen LogP contribution in [0.2, 0.25) is 0 Å². The maximum absolute atomic E-state index is 10.4. The zero-order valence-electron chi connectivity index (χ0n) is 14.3. The van der Waals surface area contributed by atoms with Crippen molar-refractivity contribution >= 4 is 23.6 Å². The third kappa shape index (κ3) is 9.49. The van der Waals surface area contributed by atoms with Gasteiger partial charge >= 0.3 is 11.9 Å². The SMILES string of the molecule is CC(CN=NC(C)(C)C(N)=NCCC(=O)O)C(N)=NCCC(=O)O. The smallest absolute Gasteiger partial charge is 0.305 e. The van der Waals surface area contributed by atoms with Crippen molar-refractivity contribution in [2.24, 2.45) is 37.6 Å². The Morgan fingerprint density at radius 1 is 1.04 bits per heavy atom. The standard InChI is InChI=1S/C14H26N6O4/c1-9(12(15)17-6-4-10(21)22)8-19-20-14(2,3)13(16)18-7-5-11(23)24/h9H,4-8H2,1-3H3,(H2,15,17)(H2,16,18)(H,21,22)(H,23,24). The highest BCUT2D eigenvalue weighted by molar-refractivity contribution is 5.89. The van der Waals surface area contributed by atoms with E-state index >= 15 is 0 Å². The summed E-state index contributed by atoms with van der Waals surface area (Å²) in [4.78, 5) is 28.8. The van der Waals surface area contributed by atoms with Crippen molar-refractivity contribution in [3.63, 3.8) is 0 Å². The molecular weight excluding hydrogens is 316 g/mol. The molecule has 0 aliphatic carbocycles. The lowest BCUT2D eigenvalue weighted by Crippen LogP contribution is -2.36. The third-order valence-corrected chi connectivity index (χ3v) is 3.04. The molecule has 0 aliphatic rings. The minimum atomic E-state index is -0.947. The summed E-state index contributed by atoms with van der Waals surface area (Å²) in [6.45, 7) is 5.71. The van der Waals surface area contributed by atoms with Gasteiger partial charge in [-0.1, -0.05) is 6.92 Å². The molecule has 10 nitrogen and oxygen atoms in total. The van der Waals surface area contributed by atoms with Crippen molar-refractivity contribution in [2.45, 2.75) is 39.2 Å². The van der Waals surface area contributed by atoms with Crippen LogP contribution in [-0.4, -0.2) is 59.0 Å². The molecule has 0 spiro atoms. The van der Waals surface area contributed by atoms with Crippen LogP contribution in [0.5, 0.6) is 0 Å². The summed E-state index contributed by atoms with van der Waals surface area (Å²) in [6.07, 6.45) is -0.181. The molecule has 0 aliphatic heterocycles. The normalized spacial score (nSPS) is 14.8. The Hall–Kier alpha value is -2.52. The first-order valence-electron chi connectivity index (χ1n) is 7.48. The first kappa shape index (κ1) is 21.5. The number of carboxylic acid groups (broad SMARTS) is 2. The Balaban J connectivity index is 4.54. The lowest BCUT2D eigenvalue weighted by atomic mass is 10.1. The topological polar surface area (TPSA) is 176 Å². The molecule has 1 atom stereocenters. The van der Waals surface area contributed by atoms with E-state index in [9.17, 15) is 9.59 Å². The lowest BCUT2D eigenvalue weighted by Gasteiger charge is -2.17. The minimum Gasteiger partial charge on any atom is -0.481 e. The monoisotopic (exact) mass is 342 g/mol. The summed E-state index contributed by atoms with van der Waals surface area (Å²) in [5, 5.41) is 25.3. The quantitative estimate of drug-likeness (QED) is 0.241. The zero-order valence-corrected chi connectivity index (χ0v) is 14.3. The average molecular weight is 342 g/mol. The third-order valence-electron chi connectivity index (χ3n) is 3.04. The summed E-state index contributed by atoms with van der Waals surface area (Å²) in [5.74, 6) is -1.56. The lowest BCUT2D eigenvalue weighted by molar-refractivity contribution is -0.137. The fourth-order valence-electron chi connectivity index (χ4n) is 1.39. The van der Waals surface area contributed by atoms with Gasteiger partial charge in [0.15, 0.2) is 0 Å². The first-order chi connectivity index (χ1) is 11.1. The van der Waals surface area contributed by atoms with Crippen LogP contribution < -0.4 is 11.5 Å². The van der Waals surface area contributed by atoms with E-state index in [4.69, 9.17) is 21.7 Å². The molecular formula is C14H26N6O4. The van der Waals surface area contributed by atoms with Crippen molar-refractivity contribution in [1.82, 2.24) is 0 Å². The second-order valence-electron chi connectivity index (χ2n) is 5.75. The molecule has 0 heterocycles. The Morgan fingerprint density at radius 3 is 2.04 bits per heavy atom. The zero-order chi connectivity index (χ0) is 18.8. The molecule has 0 rings (SSSR count). The fourth-order valence-corrected chi connectivity index (χ4v) is 1.39. The van der Waals surface area contributed by atoms with E-state index in [0.717, 1.165) is 0 Å². The molecule has 10 heteroatoms. The van der Waals surface area contributed by atoms with Gasteiger partial charge in [-0.15, -0.1) is 0 Å². The number of nitrogens with zero attached hydrogens (tertiary/aromatic N) is 4. The molecule has 24 heavy (non-hydrogen) atoms. The molecule has 0 saturated carbocycles. The highest BCUT2D eigenvalue weighted by Gasteiger charge is 2.22. The summed E-state index contributed by atoms with van der Waals surface area (Å²) < 4.78 is 0. The van der Waals surface area contributed by atoms with Crippen LogP contribution in [0.15, 0.2) is 20.2 Å². The van der Waals surface area contributed by atoms with Crippen molar-refractivity contribution in [3.05, 3.63) is 0 Å². The van der Waals surface area contributed by atoms with Gasteiger partial charge in [-0.25, -0.2) is 0 Å². The number of nitrogens with two attached hydrogens (primary N) is 2. The Labute approximate surface area is 140 Å². The van der Waals surface area contributed by atoms with Crippen molar-refractivity contribution in [2.75, 3.05) is 19.6 Å². The Bertz CT molecular complexity index is 527. The van der Waals surface area contributed by atoms with E-state index in [1.165, 1.54) is 0 Å². The van der Waals surface area contributed by atoms with Gasteiger partial charge in [0.2, 0.25) is 0 Å². The number of carboxylic acids is 2. The van der Waals surface area contributed by atoms with Crippen LogP contribution in [0.4, 0.5) is 0 Å². The van der Waals surface area contributed by atoms with E-state index in [1.54, 1.807) is 20.8 Å². The van der Waals surface area contributed by atoms with Crippen LogP contribution >= 0.6 is 0 Å². The number of aliphatic imine (C=N–C) groups is 2. The predicted molar refractivity (Wildman–Crippen MR) is 90.5 cm³/mol. The van der Waals surface area contributed by atoms with E-state index in [1.807, 2.05) is 0 Å². The van der Waals surface area contributed by atoms with Gasteiger partial charge in [-0.05, 0) is 13.8 Å². The molecule has 0 saturated heterocycles. The van der Waals surface area contributed by atoms with Gasteiger partial charge in [-0.2, -0.15) is 10.2 Å². The van der Waals surface area contributed by atoms with Gasteiger partial charge < -0.3 is 21.7 Å². The predicted octanol–water partition coefficient (Wildman–Crippen LogP) is 0.517. The number of hydrogen-bond donors (Lipinski definition) is 4. The second-order valence-corrected chi connectivity index (χ2v) is 5.75. The first-order valence-corrected chi connectivity index (χ1v) is 7.48. The molecule has 0 fully saturated rings. The largest absolute Gasteiger partial charge is 0.481 e. The van der Waals surface area contributed by atoms with Crippen LogP contribution in [0, 0.1) is 5.92 Å². The number of amidine groups is 2. The number of azo groups is 1. The Morgan fingerprint density at radius 2 is 1.54 bits per heavy atom. The van der Waals surface area contributed by atoms with Crippen molar-refractivity contribution in [3.8, 4) is 0 Å². The highest BCUT2D eigenvalue weighted by Crippen LogP contribution is 2.11.